The van der Waals surface area contributed by atoms with E-state index in [0.717, 1.165) is 31.9 Å². The van der Waals surface area contributed by atoms with Gasteiger partial charge in [-0.1, -0.05) is 0 Å². The molecule has 1 aromatic carbocycles. The first-order valence-electron chi connectivity index (χ1n) is 7.33. The van der Waals surface area contributed by atoms with E-state index in [9.17, 15) is 4.79 Å². The third-order valence-corrected chi connectivity index (χ3v) is 4.13. The van der Waals surface area contributed by atoms with E-state index in [0.29, 0.717) is 6.54 Å². The van der Waals surface area contributed by atoms with E-state index in [1.165, 1.54) is 5.69 Å². The van der Waals surface area contributed by atoms with Crippen LogP contribution in [0.3, 0.4) is 0 Å². The van der Waals surface area contributed by atoms with Gasteiger partial charge < -0.3 is 20.3 Å². The average Bonchev–Trinajstić information content (AvgIpc) is 2.89. The summed E-state index contributed by atoms with van der Waals surface area (Å²) in [5.41, 5.74) is 9.34. The largest absolute Gasteiger partial charge is 0.674 e. The zero-order valence-corrected chi connectivity index (χ0v) is 17.6. The van der Waals surface area contributed by atoms with Gasteiger partial charge in [-0.15, -0.1) is 6.54 Å². The number of ether oxygens (including phenoxy) is 1. The van der Waals surface area contributed by atoms with Crippen LogP contribution in [0.1, 0.15) is 0 Å². The van der Waals surface area contributed by atoms with Crippen LogP contribution in [0.4, 0.5) is 16.2 Å². The molecule has 22 heavy (non-hydrogen) atoms. The molecule has 7 heteroatoms. The summed E-state index contributed by atoms with van der Waals surface area (Å²) in [4.78, 5) is 18.1. The van der Waals surface area contributed by atoms with E-state index in [-0.39, 0.29) is 62.8 Å². The number of benzene rings is 1. The molecule has 1 atom stereocenters. The molecule has 117 valence electrons. The Morgan fingerprint density at radius 1 is 1.14 bits per heavy atom. The van der Waals surface area contributed by atoms with Gasteiger partial charge in [-0.2, -0.15) is 0 Å². The Morgan fingerprint density at radius 2 is 1.73 bits per heavy atom. The van der Waals surface area contributed by atoms with Gasteiger partial charge in [-0.3, -0.25) is 4.90 Å². The van der Waals surface area contributed by atoms with Gasteiger partial charge in [0.15, 0.2) is 0 Å². The van der Waals surface area contributed by atoms with E-state index >= 15 is 0 Å². The van der Waals surface area contributed by atoms with Gasteiger partial charge in [-0.25, -0.2) is 4.79 Å². The number of carbonyl (C=O) groups excluding carboxylic acids is 1. The summed E-state index contributed by atoms with van der Waals surface area (Å²) < 4.78 is 5.12. The van der Waals surface area contributed by atoms with Crippen LogP contribution < -0.4 is 9.80 Å². The maximum atomic E-state index is 11.8. The van der Waals surface area contributed by atoms with Crippen molar-refractivity contribution in [3.63, 3.8) is 0 Å². The monoisotopic (exact) mass is 516 g/mol. The molecule has 6 nitrogen and oxygen atoms in total. The number of amides is 1. The molecule has 2 heterocycles. The number of nitrogens with one attached hydrogen (secondary N) is 1. The molecule has 1 N–H and O–H groups in total. The maximum absolute atomic E-state index is 11.8. The zero-order chi connectivity index (χ0) is 14.8. The third kappa shape index (κ3) is 3.94. The second kappa shape index (κ2) is 7.96. The summed E-state index contributed by atoms with van der Waals surface area (Å²) in [6, 6.07) is 8.03. The summed E-state index contributed by atoms with van der Waals surface area (Å²) in [6.45, 7) is 4.79. The Bertz CT molecular complexity index is 503. The Balaban J connectivity index is 0.00000176. The van der Waals surface area contributed by atoms with Crippen molar-refractivity contribution < 1.29 is 53.6 Å². The minimum absolute atomic E-state index is 0. The molecule has 1 radical (unpaired) electrons. The number of likely N-dealkylation sites (N-methyl/N-ethyl adjacent to an activating group) is 1. The third-order valence-electron chi connectivity index (χ3n) is 4.13. The van der Waals surface area contributed by atoms with Crippen molar-refractivity contribution in [1.29, 1.82) is 0 Å². The molecule has 2 saturated heterocycles. The van der Waals surface area contributed by atoms with Gasteiger partial charge in [0.2, 0.25) is 0 Å². The Morgan fingerprint density at radius 3 is 2.27 bits per heavy atom. The maximum Gasteiger partial charge on any atom is 0.414 e. The predicted molar refractivity (Wildman–Crippen MR) is 83.0 cm³/mol. The standard InChI is InChI=1S/C15H21N4O2.Ac/c1-17-6-8-18(9-7-17)12-2-4-13(5-3-12)19-11-14(10-16)21-15(19)20;/h2-5,14,16H,6-11H2,1H3;/q-1;. The number of hydrogen-bond donors (Lipinski definition) is 0. The van der Waals surface area contributed by atoms with Gasteiger partial charge in [0.05, 0.1) is 6.54 Å². The topological polar surface area (TPSA) is 59.8 Å². The van der Waals surface area contributed by atoms with Crippen LogP contribution >= 0.6 is 0 Å². The molecule has 2 fully saturated rings. The average molecular weight is 516 g/mol. The van der Waals surface area contributed by atoms with Crippen LogP contribution in [-0.4, -0.2) is 63.4 Å². The van der Waals surface area contributed by atoms with Crippen LogP contribution in [0, 0.1) is 44.1 Å². The normalized spacial score (nSPS) is 22.5. The number of rotatable bonds is 3. The van der Waals surface area contributed by atoms with Crippen molar-refractivity contribution in [3.05, 3.63) is 30.0 Å². The number of carbonyl (C=O) groups is 1. The summed E-state index contributed by atoms with van der Waals surface area (Å²) >= 11 is 0. The molecular weight excluding hydrogens is 495 g/mol. The molecule has 0 spiro atoms. The minimum Gasteiger partial charge on any atom is -0.674 e. The van der Waals surface area contributed by atoms with Crippen LogP contribution in [0.25, 0.3) is 5.73 Å². The van der Waals surface area contributed by atoms with E-state index in [1.807, 2.05) is 12.1 Å². The molecule has 1 unspecified atom stereocenters. The summed E-state index contributed by atoms with van der Waals surface area (Å²) in [6.07, 6.45) is -0.658. The Labute approximate surface area is 167 Å². The first kappa shape index (κ1) is 18.0. The molecule has 3 rings (SSSR count). The van der Waals surface area contributed by atoms with E-state index in [4.69, 9.17) is 10.5 Å². The second-order valence-corrected chi connectivity index (χ2v) is 5.63. The Hall–Kier alpha value is -0.348. The van der Waals surface area contributed by atoms with E-state index < -0.39 is 0 Å². The molecule has 0 aliphatic carbocycles. The summed E-state index contributed by atoms with van der Waals surface area (Å²) in [5, 5.41) is 0. The van der Waals surface area contributed by atoms with Gasteiger partial charge in [0, 0.05) is 81.6 Å². The van der Waals surface area contributed by atoms with Crippen molar-refractivity contribution in [1.82, 2.24) is 4.90 Å². The van der Waals surface area contributed by atoms with Crippen molar-refractivity contribution in [2.75, 3.05) is 56.1 Å². The SMILES string of the molecule is CN1CCN(c2ccc(N3CC(C[NH-])OC3=O)cc2)CC1.[Ac]. The van der Waals surface area contributed by atoms with E-state index in [2.05, 4.69) is 29.0 Å². The molecule has 0 saturated carbocycles. The van der Waals surface area contributed by atoms with Gasteiger partial charge in [-0.05, 0) is 31.3 Å². The molecule has 1 aromatic rings. The number of nitrogens with zero attached hydrogens (tertiary/aromatic N) is 3. The number of piperazine rings is 1. The first-order chi connectivity index (χ1) is 10.2. The molecule has 2 aliphatic rings. The number of hydrogen-bond acceptors (Lipinski definition) is 4. The summed E-state index contributed by atoms with van der Waals surface area (Å²) in [7, 11) is 2.14. The van der Waals surface area contributed by atoms with Crippen molar-refractivity contribution in [2.45, 2.75) is 6.10 Å². The molecule has 2 aliphatic heterocycles. The fourth-order valence-corrected chi connectivity index (χ4v) is 2.75. The van der Waals surface area contributed by atoms with Crippen molar-refractivity contribution in [2.24, 2.45) is 0 Å². The fraction of sp³-hybridized carbons (Fsp3) is 0.533. The van der Waals surface area contributed by atoms with Crippen LogP contribution in [-0.2, 0) is 4.74 Å². The number of cyclic esters (lactones) is 1. The summed E-state index contributed by atoms with van der Waals surface area (Å²) in [5.74, 6) is 0. The molecule has 0 aromatic heterocycles. The predicted octanol–water partition coefficient (Wildman–Crippen LogP) is 1.82. The van der Waals surface area contributed by atoms with Crippen LogP contribution in [0.5, 0.6) is 0 Å². The fourth-order valence-electron chi connectivity index (χ4n) is 2.75. The zero-order valence-electron chi connectivity index (χ0n) is 12.9. The van der Waals surface area contributed by atoms with Crippen LogP contribution in [0.2, 0.25) is 0 Å². The van der Waals surface area contributed by atoms with Gasteiger partial charge in [0.25, 0.3) is 0 Å². The van der Waals surface area contributed by atoms with Crippen molar-refractivity contribution in [3.8, 4) is 0 Å². The molecule has 1 amide bonds. The molecule has 0 bridgehead atoms. The first-order valence-corrected chi connectivity index (χ1v) is 7.33. The van der Waals surface area contributed by atoms with E-state index in [1.54, 1.807) is 4.90 Å². The second-order valence-electron chi connectivity index (χ2n) is 5.63. The Kier molecular flexibility index (Phi) is 6.51. The smallest absolute Gasteiger partial charge is 0.414 e. The minimum atomic E-state index is -0.348. The van der Waals surface area contributed by atoms with Crippen LogP contribution in [0.15, 0.2) is 24.3 Å². The van der Waals surface area contributed by atoms with Crippen molar-refractivity contribution >= 4 is 17.5 Å². The van der Waals surface area contributed by atoms with Gasteiger partial charge >= 0.3 is 6.09 Å². The van der Waals surface area contributed by atoms with Gasteiger partial charge in [0.1, 0.15) is 6.10 Å². The number of anilines is 2. The molecular formula is C15H21AcN4O2-. The quantitative estimate of drug-likeness (QED) is 0.616.